The molecule has 0 aliphatic heterocycles. The van der Waals surface area contributed by atoms with Gasteiger partial charge in [0.2, 0.25) is 0 Å². The number of hydrogen-bond acceptors (Lipinski definition) is 5. The molecular weight excluding hydrogens is 320 g/mol. The van der Waals surface area contributed by atoms with Crippen LogP contribution in [0.4, 0.5) is 0 Å². The van der Waals surface area contributed by atoms with E-state index in [4.69, 9.17) is 4.74 Å². The Morgan fingerprint density at radius 3 is 2.44 bits per heavy atom. The number of aliphatic hydroxyl groups is 1. The van der Waals surface area contributed by atoms with Gasteiger partial charge in [0, 0.05) is 0 Å². The minimum atomic E-state index is -0.876. The standard InChI is InChI=1S/C19H26N2O4/c1-17(11-20,14-2-3-14)21-15(22)9-25-16(23)18-5-12-4-13(6-18)8-19(24,7-12)10-18/h12-14,24H,2-10H2,1H3,(H,21,22)/t12-,13-,17+,18?,19?/m0/s1. The maximum Gasteiger partial charge on any atom is 0.312 e. The van der Waals surface area contributed by atoms with Gasteiger partial charge < -0.3 is 15.2 Å². The van der Waals surface area contributed by atoms with Crippen LogP contribution in [0.2, 0.25) is 0 Å². The molecule has 2 N–H and O–H groups in total. The number of carbonyl (C=O) groups is 2. The molecule has 5 saturated carbocycles. The van der Waals surface area contributed by atoms with Gasteiger partial charge in [-0.05, 0) is 76.0 Å². The minimum Gasteiger partial charge on any atom is -0.455 e. The normalized spacial score (nSPS) is 40.8. The summed E-state index contributed by atoms with van der Waals surface area (Å²) in [6, 6.07) is 2.17. The van der Waals surface area contributed by atoms with Gasteiger partial charge in [0.1, 0.15) is 5.54 Å². The molecule has 5 aliphatic carbocycles. The second kappa shape index (κ2) is 5.44. The van der Waals surface area contributed by atoms with Crippen molar-refractivity contribution in [3.05, 3.63) is 0 Å². The number of nitrogens with one attached hydrogen (secondary N) is 1. The van der Waals surface area contributed by atoms with Gasteiger partial charge in [-0.3, -0.25) is 9.59 Å². The van der Waals surface area contributed by atoms with Crippen molar-refractivity contribution in [2.75, 3.05) is 6.61 Å². The summed E-state index contributed by atoms with van der Waals surface area (Å²) < 4.78 is 5.35. The first-order chi connectivity index (χ1) is 11.8. The molecular formula is C19H26N2O4. The van der Waals surface area contributed by atoms with Crippen molar-refractivity contribution >= 4 is 11.9 Å². The van der Waals surface area contributed by atoms with E-state index in [0.717, 1.165) is 44.9 Å². The average molecular weight is 346 g/mol. The smallest absolute Gasteiger partial charge is 0.312 e. The van der Waals surface area contributed by atoms with E-state index in [9.17, 15) is 20.0 Å². The lowest BCUT2D eigenvalue weighted by Gasteiger charge is -2.58. The van der Waals surface area contributed by atoms with Crippen molar-refractivity contribution in [3.63, 3.8) is 0 Å². The maximum absolute atomic E-state index is 12.7. The molecule has 5 aliphatic rings. The highest BCUT2D eigenvalue weighted by atomic mass is 16.5. The topological polar surface area (TPSA) is 99.4 Å². The number of hydrogen-bond donors (Lipinski definition) is 2. The quantitative estimate of drug-likeness (QED) is 0.738. The number of nitrogens with zero attached hydrogens (tertiary/aromatic N) is 1. The van der Waals surface area contributed by atoms with Crippen molar-refractivity contribution in [2.45, 2.75) is 69.4 Å². The van der Waals surface area contributed by atoms with Gasteiger partial charge in [-0.15, -0.1) is 0 Å². The van der Waals surface area contributed by atoms with E-state index in [-0.39, 0.29) is 18.5 Å². The summed E-state index contributed by atoms with van der Waals surface area (Å²) in [5.74, 6) is 0.205. The summed E-state index contributed by atoms with van der Waals surface area (Å²) in [6.07, 6.45) is 6.56. The van der Waals surface area contributed by atoms with E-state index >= 15 is 0 Å². The molecule has 0 unspecified atom stereocenters. The molecule has 0 aromatic heterocycles. The second-order valence-corrected chi connectivity index (χ2v) is 9.18. The lowest BCUT2D eigenvalue weighted by atomic mass is 9.48. The number of esters is 1. The molecule has 25 heavy (non-hydrogen) atoms. The number of amides is 1. The van der Waals surface area contributed by atoms with Crippen LogP contribution >= 0.6 is 0 Å². The molecule has 1 amide bonds. The highest BCUT2D eigenvalue weighted by Gasteiger charge is 2.61. The Labute approximate surface area is 147 Å². The van der Waals surface area contributed by atoms with Crippen LogP contribution in [-0.4, -0.2) is 34.7 Å². The Morgan fingerprint density at radius 1 is 1.28 bits per heavy atom. The fourth-order valence-electron chi connectivity index (χ4n) is 5.94. The molecule has 0 radical (unpaired) electrons. The number of ether oxygens (including phenoxy) is 1. The van der Waals surface area contributed by atoms with E-state index in [2.05, 4.69) is 11.4 Å². The van der Waals surface area contributed by atoms with Crippen molar-refractivity contribution in [3.8, 4) is 6.07 Å². The van der Waals surface area contributed by atoms with E-state index < -0.39 is 22.5 Å². The third kappa shape index (κ3) is 2.93. The monoisotopic (exact) mass is 346 g/mol. The van der Waals surface area contributed by atoms with Crippen LogP contribution in [0, 0.1) is 34.5 Å². The predicted molar refractivity (Wildman–Crippen MR) is 87.9 cm³/mol. The first-order valence-electron chi connectivity index (χ1n) is 9.38. The fourth-order valence-corrected chi connectivity index (χ4v) is 5.94. The van der Waals surface area contributed by atoms with Crippen LogP contribution in [0.5, 0.6) is 0 Å². The third-order valence-corrected chi connectivity index (χ3v) is 6.82. The van der Waals surface area contributed by atoms with Crippen LogP contribution in [-0.2, 0) is 14.3 Å². The Morgan fingerprint density at radius 2 is 1.92 bits per heavy atom. The van der Waals surface area contributed by atoms with Crippen LogP contribution in [0.1, 0.15) is 58.3 Å². The van der Waals surface area contributed by atoms with E-state index in [1.54, 1.807) is 6.92 Å². The largest absolute Gasteiger partial charge is 0.455 e. The SMILES string of the molecule is C[C@](C#N)(NC(=O)COC(=O)C12C[C@@H]3C[C@H](CC(O)(C3)C1)C2)C1CC1. The molecule has 0 heterocycles. The number of nitriles is 1. The number of carbonyl (C=O) groups excluding carboxylic acids is 2. The molecule has 3 atom stereocenters. The van der Waals surface area contributed by atoms with E-state index in [0.29, 0.717) is 18.3 Å². The summed E-state index contributed by atoms with van der Waals surface area (Å²) in [5.41, 5.74) is -2.22. The average Bonchev–Trinajstić information content (AvgIpc) is 3.35. The maximum atomic E-state index is 12.7. The Kier molecular flexibility index (Phi) is 3.66. The van der Waals surface area contributed by atoms with Gasteiger partial charge in [0.25, 0.3) is 5.91 Å². The zero-order chi connectivity index (χ0) is 17.9. The Hall–Kier alpha value is -1.61. The first kappa shape index (κ1) is 16.8. The summed E-state index contributed by atoms with van der Waals surface area (Å²) in [4.78, 5) is 24.9. The van der Waals surface area contributed by atoms with Crippen LogP contribution in [0.3, 0.4) is 0 Å². The molecule has 5 rings (SSSR count). The van der Waals surface area contributed by atoms with Crippen molar-refractivity contribution < 1.29 is 19.4 Å². The van der Waals surface area contributed by atoms with Gasteiger partial charge in [-0.25, -0.2) is 0 Å². The molecule has 4 bridgehead atoms. The van der Waals surface area contributed by atoms with E-state index in [1.165, 1.54) is 0 Å². The van der Waals surface area contributed by atoms with Crippen molar-refractivity contribution in [1.29, 1.82) is 5.26 Å². The lowest BCUT2D eigenvalue weighted by Crippen LogP contribution is -2.58. The van der Waals surface area contributed by atoms with E-state index in [1.807, 2.05) is 0 Å². The Balaban J connectivity index is 1.36. The summed E-state index contributed by atoms with van der Waals surface area (Å²) in [7, 11) is 0. The van der Waals surface area contributed by atoms with Crippen molar-refractivity contribution in [1.82, 2.24) is 5.32 Å². The van der Waals surface area contributed by atoms with Gasteiger partial charge in [-0.2, -0.15) is 5.26 Å². The highest BCUT2D eigenvalue weighted by Crippen LogP contribution is 2.61. The lowest BCUT2D eigenvalue weighted by molar-refractivity contribution is -0.196. The molecule has 0 saturated heterocycles. The molecule has 6 nitrogen and oxygen atoms in total. The fraction of sp³-hybridized carbons (Fsp3) is 0.842. The molecule has 0 spiro atoms. The van der Waals surface area contributed by atoms with Gasteiger partial charge in [0.15, 0.2) is 6.61 Å². The molecule has 0 aromatic rings. The zero-order valence-corrected chi connectivity index (χ0v) is 14.7. The molecule has 0 aromatic carbocycles. The zero-order valence-electron chi connectivity index (χ0n) is 14.7. The van der Waals surface area contributed by atoms with Crippen LogP contribution in [0.25, 0.3) is 0 Å². The highest BCUT2D eigenvalue weighted by molar-refractivity contribution is 5.84. The Bertz CT molecular complexity index is 636. The molecule has 6 heteroatoms. The summed E-state index contributed by atoms with van der Waals surface area (Å²) >= 11 is 0. The second-order valence-electron chi connectivity index (χ2n) is 9.18. The van der Waals surface area contributed by atoms with Crippen molar-refractivity contribution in [2.24, 2.45) is 23.2 Å². The predicted octanol–water partition coefficient (Wildman–Crippen LogP) is 1.67. The van der Waals surface area contributed by atoms with Crippen LogP contribution < -0.4 is 5.32 Å². The summed E-state index contributed by atoms with van der Waals surface area (Å²) in [5, 5.41) is 22.7. The van der Waals surface area contributed by atoms with Gasteiger partial charge in [0.05, 0.1) is 17.1 Å². The van der Waals surface area contributed by atoms with Gasteiger partial charge in [-0.1, -0.05) is 0 Å². The summed E-state index contributed by atoms with van der Waals surface area (Å²) in [6.45, 7) is 1.37. The third-order valence-electron chi connectivity index (χ3n) is 6.82. The minimum absolute atomic E-state index is 0.189. The number of rotatable bonds is 5. The van der Waals surface area contributed by atoms with Crippen LogP contribution in [0.15, 0.2) is 0 Å². The molecule has 136 valence electrons. The molecule has 5 fully saturated rings. The first-order valence-corrected chi connectivity index (χ1v) is 9.38. The van der Waals surface area contributed by atoms with Gasteiger partial charge >= 0.3 is 5.97 Å².